The molecule has 0 aliphatic heterocycles. The molecule has 0 atom stereocenters. The third kappa shape index (κ3) is 3.28. The highest BCUT2D eigenvalue weighted by Crippen LogP contribution is 2.21. The van der Waals surface area contributed by atoms with Crippen LogP contribution < -0.4 is 0 Å². The maximum absolute atomic E-state index is 11.0. The molecule has 1 aromatic rings. The van der Waals surface area contributed by atoms with Gasteiger partial charge in [-0.2, -0.15) is 12.6 Å². The van der Waals surface area contributed by atoms with E-state index >= 15 is 0 Å². The van der Waals surface area contributed by atoms with E-state index in [9.17, 15) is 8.42 Å². The lowest BCUT2D eigenvalue weighted by Crippen LogP contribution is -1.99. The van der Waals surface area contributed by atoms with Crippen LogP contribution in [0, 0.1) is 6.92 Å². The van der Waals surface area contributed by atoms with Gasteiger partial charge in [-0.05, 0) is 6.92 Å². The van der Waals surface area contributed by atoms with Crippen LogP contribution >= 0.6 is 24.0 Å². The Morgan fingerprint density at radius 2 is 2.15 bits per heavy atom. The van der Waals surface area contributed by atoms with Gasteiger partial charge in [-0.25, -0.2) is 13.4 Å². The highest BCUT2D eigenvalue weighted by Gasteiger charge is 2.11. The van der Waals surface area contributed by atoms with Gasteiger partial charge in [0, 0.05) is 16.9 Å². The summed E-state index contributed by atoms with van der Waals surface area (Å²) in [6.45, 7) is 1.87. The minimum absolute atomic E-state index is 0.0340. The molecule has 0 saturated carbocycles. The zero-order valence-electron chi connectivity index (χ0n) is 7.44. The molecule has 0 aliphatic rings. The SMILES string of the molecule is Cc1nc(CS(C)(=O)=O)sc1CS. The topological polar surface area (TPSA) is 47.0 Å². The number of thiol groups is 1. The Morgan fingerprint density at radius 1 is 1.54 bits per heavy atom. The maximum Gasteiger partial charge on any atom is 0.153 e. The molecule has 0 radical (unpaired) electrons. The van der Waals surface area contributed by atoms with Crippen molar-refractivity contribution in [2.24, 2.45) is 0 Å². The lowest BCUT2D eigenvalue weighted by atomic mass is 10.4. The number of hydrogen-bond donors (Lipinski definition) is 1. The average molecular weight is 237 g/mol. The number of sulfone groups is 1. The van der Waals surface area contributed by atoms with Crippen molar-refractivity contribution in [1.82, 2.24) is 4.98 Å². The summed E-state index contributed by atoms with van der Waals surface area (Å²) >= 11 is 5.55. The molecule has 1 aromatic heterocycles. The zero-order valence-corrected chi connectivity index (χ0v) is 9.97. The van der Waals surface area contributed by atoms with Gasteiger partial charge in [0.15, 0.2) is 9.84 Å². The first-order chi connectivity index (χ1) is 5.92. The molecule has 13 heavy (non-hydrogen) atoms. The van der Waals surface area contributed by atoms with Crippen LogP contribution in [0.3, 0.4) is 0 Å². The maximum atomic E-state index is 11.0. The van der Waals surface area contributed by atoms with Gasteiger partial charge in [-0.3, -0.25) is 0 Å². The van der Waals surface area contributed by atoms with Crippen LogP contribution in [0.5, 0.6) is 0 Å². The summed E-state index contributed by atoms with van der Waals surface area (Å²) in [5, 5.41) is 0.657. The largest absolute Gasteiger partial charge is 0.245 e. The van der Waals surface area contributed by atoms with E-state index in [0.29, 0.717) is 10.8 Å². The van der Waals surface area contributed by atoms with E-state index in [0.717, 1.165) is 10.6 Å². The Morgan fingerprint density at radius 3 is 2.54 bits per heavy atom. The number of hydrogen-bond acceptors (Lipinski definition) is 5. The second-order valence-corrected chi connectivity index (χ2v) is 6.47. The zero-order chi connectivity index (χ0) is 10.1. The van der Waals surface area contributed by atoms with Crippen LogP contribution in [0.4, 0.5) is 0 Å². The molecule has 74 valence electrons. The third-order valence-corrected chi connectivity index (χ3v) is 4.13. The van der Waals surface area contributed by atoms with Crippen LogP contribution in [0.15, 0.2) is 0 Å². The van der Waals surface area contributed by atoms with Crippen LogP contribution in [0.2, 0.25) is 0 Å². The van der Waals surface area contributed by atoms with Crippen LogP contribution in [-0.2, 0) is 21.3 Å². The van der Waals surface area contributed by atoms with Crippen molar-refractivity contribution >= 4 is 33.8 Å². The lowest BCUT2D eigenvalue weighted by molar-refractivity contribution is 0.601. The summed E-state index contributed by atoms with van der Waals surface area (Å²) in [6.07, 6.45) is 1.21. The average Bonchev–Trinajstić information content (AvgIpc) is 2.26. The first-order valence-electron chi connectivity index (χ1n) is 3.66. The summed E-state index contributed by atoms with van der Waals surface area (Å²) < 4.78 is 21.9. The van der Waals surface area contributed by atoms with Crippen LogP contribution in [0.25, 0.3) is 0 Å². The first-order valence-corrected chi connectivity index (χ1v) is 7.17. The summed E-state index contributed by atoms with van der Waals surface area (Å²) in [7, 11) is -2.97. The van der Waals surface area contributed by atoms with Gasteiger partial charge in [0.2, 0.25) is 0 Å². The Kier molecular flexibility index (Phi) is 3.37. The number of thiazole rings is 1. The Bertz CT molecular complexity index is 394. The van der Waals surface area contributed by atoms with E-state index < -0.39 is 9.84 Å². The highest BCUT2D eigenvalue weighted by molar-refractivity contribution is 7.90. The van der Waals surface area contributed by atoms with E-state index in [1.54, 1.807) is 0 Å². The monoisotopic (exact) mass is 237 g/mol. The van der Waals surface area contributed by atoms with E-state index in [1.807, 2.05) is 6.92 Å². The summed E-state index contributed by atoms with van der Waals surface area (Å²) in [4.78, 5) is 5.20. The second kappa shape index (κ2) is 3.98. The van der Waals surface area contributed by atoms with Gasteiger partial charge >= 0.3 is 0 Å². The molecule has 0 bridgehead atoms. The van der Waals surface area contributed by atoms with Gasteiger partial charge in [0.25, 0.3) is 0 Å². The molecule has 0 N–H and O–H groups in total. The van der Waals surface area contributed by atoms with Crippen molar-refractivity contribution in [3.05, 3.63) is 15.6 Å². The molecule has 0 unspecified atom stereocenters. The Hall–Kier alpha value is -0.0700. The molecule has 3 nitrogen and oxygen atoms in total. The Labute approximate surface area is 87.5 Å². The smallest absolute Gasteiger partial charge is 0.153 e. The van der Waals surface area contributed by atoms with Gasteiger partial charge in [-0.15, -0.1) is 11.3 Å². The number of nitrogens with zero attached hydrogens (tertiary/aromatic N) is 1. The van der Waals surface area contributed by atoms with Crippen molar-refractivity contribution < 1.29 is 8.42 Å². The fourth-order valence-electron chi connectivity index (χ4n) is 0.921. The first kappa shape index (κ1) is 11.0. The highest BCUT2D eigenvalue weighted by atomic mass is 32.2. The molecule has 6 heteroatoms. The molecule has 1 rings (SSSR count). The number of rotatable bonds is 3. The molecule has 0 saturated heterocycles. The van der Waals surface area contributed by atoms with Gasteiger partial charge in [0.05, 0.1) is 5.69 Å². The standard InChI is InChI=1S/C7H11NO2S3/c1-5-6(3-11)12-7(8-5)4-13(2,9)10/h11H,3-4H2,1-2H3. The van der Waals surface area contributed by atoms with E-state index in [1.165, 1.54) is 17.6 Å². The molecule has 0 amide bonds. The molecule has 0 aliphatic carbocycles. The van der Waals surface area contributed by atoms with E-state index in [-0.39, 0.29) is 5.75 Å². The van der Waals surface area contributed by atoms with Gasteiger partial charge < -0.3 is 0 Å². The second-order valence-electron chi connectivity index (χ2n) is 2.84. The fraction of sp³-hybridized carbons (Fsp3) is 0.571. The van der Waals surface area contributed by atoms with Crippen LogP contribution in [0.1, 0.15) is 15.6 Å². The fourth-order valence-corrected chi connectivity index (χ4v) is 3.46. The summed E-state index contributed by atoms with van der Waals surface area (Å²) in [5.74, 6) is 0.652. The molecule has 0 fully saturated rings. The molecule has 0 spiro atoms. The van der Waals surface area contributed by atoms with Crippen LogP contribution in [-0.4, -0.2) is 19.7 Å². The minimum Gasteiger partial charge on any atom is -0.245 e. The molecule has 0 aromatic carbocycles. The van der Waals surface area contributed by atoms with Gasteiger partial charge in [0.1, 0.15) is 10.8 Å². The normalized spacial score (nSPS) is 11.9. The van der Waals surface area contributed by atoms with Crippen molar-refractivity contribution in [3.63, 3.8) is 0 Å². The van der Waals surface area contributed by atoms with Crippen molar-refractivity contribution in [2.45, 2.75) is 18.4 Å². The number of aryl methyl sites for hydroxylation is 1. The summed E-state index contributed by atoms with van der Waals surface area (Å²) in [5.41, 5.74) is 0.888. The van der Waals surface area contributed by atoms with Crippen molar-refractivity contribution in [1.29, 1.82) is 0 Å². The van der Waals surface area contributed by atoms with E-state index in [2.05, 4.69) is 17.6 Å². The third-order valence-electron chi connectivity index (χ3n) is 1.47. The van der Waals surface area contributed by atoms with Crippen molar-refractivity contribution in [2.75, 3.05) is 6.26 Å². The quantitative estimate of drug-likeness (QED) is 0.809. The molecular formula is C7H11NO2S3. The molecule has 1 heterocycles. The minimum atomic E-state index is -2.97. The molecular weight excluding hydrogens is 226 g/mol. The Balaban J connectivity index is 2.92. The summed E-state index contributed by atoms with van der Waals surface area (Å²) in [6, 6.07) is 0. The lowest BCUT2D eigenvalue weighted by Gasteiger charge is -1.90. The van der Waals surface area contributed by atoms with E-state index in [4.69, 9.17) is 0 Å². The van der Waals surface area contributed by atoms with Crippen molar-refractivity contribution in [3.8, 4) is 0 Å². The predicted octanol–water partition coefficient (Wildman–Crippen LogP) is 1.43. The van der Waals surface area contributed by atoms with Gasteiger partial charge in [-0.1, -0.05) is 0 Å². The predicted molar refractivity (Wildman–Crippen MR) is 58.1 cm³/mol. The number of aromatic nitrogens is 1.